The van der Waals surface area contributed by atoms with E-state index < -0.39 is 0 Å². The summed E-state index contributed by atoms with van der Waals surface area (Å²) >= 11 is 0. The number of hydrazone groups is 1. The highest BCUT2D eigenvalue weighted by atomic mass is 16.3. The molecule has 0 unspecified atom stereocenters. The van der Waals surface area contributed by atoms with Gasteiger partial charge in [0.25, 0.3) is 5.91 Å². The molecule has 22 heavy (non-hydrogen) atoms. The molecule has 2 amide bonds. The van der Waals surface area contributed by atoms with Gasteiger partial charge < -0.3 is 9.73 Å². The van der Waals surface area contributed by atoms with Gasteiger partial charge in [0.05, 0.1) is 12.5 Å². The third-order valence-electron chi connectivity index (χ3n) is 3.26. The summed E-state index contributed by atoms with van der Waals surface area (Å²) in [6.45, 7) is 0. The number of carbonyl (C=O) groups excluding carboxylic acids is 2. The van der Waals surface area contributed by atoms with Crippen LogP contribution in [0.15, 0.2) is 52.2 Å². The first kappa shape index (κ1) is 14.1. The van der Waals surface area contributed by atoms with Crippen LogP contribution in [0.25, 0.3) is 0 Å². The molecule has 0 bridgehead atoms. The number of carbonyl (C=O) groups is 2. The number of amides is 2. The molecule has 0 spiro atoms. The first-order valence-electron chi connectivity index (χ1n) is 7.00. The summed E-state index contributed by atoms with van der Waals surface area (Å²) in [5.74, 6) is 0.417. The van der Waals surface area contributed by atoms with E-state index in [9.17, 15) is 9.59 Å². The Morgan fingerprint density at radius 2 is 1.95 bits per heavy atom. The van der Waals surface area contributed by atoms with Crippen molar-refractivity contribution in [3.8, 4) is 0 Å². The van der Waals surface area contributed by atoms with Crippen molar-refractivity contribution in [3.05, 3.63) is 54.0 Å². The zero-order valence-electron chi connectivity index (χ0n) is 11.8. The molecule has 112 valence electrons. The van der Waals surface area contributed by atoms with Crippen molar-refractivity contribution in [3.63, 3.8) is 0 Å². The Kier molecular flexibility index (Phi) is 4.00. The summed E-state index contributed by atoms with van der Waals surface area (Å²) in [6.07, 6.45) is 4.86. The van der Waals surface area contributed by atoms with E-state index in [1.54, 1.807) is 36.4 Å². The fourth-order valence-electron chi connectivity index (χ4n) is 1.88. The van der Waals surface area contributed by atoms with Gasteiger partial charge in [0.2, 0.25) is 5.91 Å². The number of hydrogen-bond donors (Lipinski definition) is 2. The molecule has 0 aliphatic heterocycles. The van der Waals surface area contributed by atoms with Crippen LogP contribution in [0.4, 0.5) is 5.69 Å². The molecule has 6 heteroatoms. The molecule has 1 saturated carbocycles. The Hall–Kier alpha value is -2.89. The van der Waals surface area contributed by atoms with Crippen LogP contribution in [0.1, 0.15) is 29.0 Å². The number of nitrogens with one attached hydrogen (secondary N) is 2. The molecular weight excluding hydrogens is 282 g/mol. The third kappa shape index (κ3) is 3.60. The maximum atomic E-state index is 11.9. The second-order valence-corrected chi connectivity index (χ2v) is 5.06. The van der Waals surface area contributed by atoms with Crippen LogP contribution >= 0.6 is 0 Å². The maximum Gasteiger partial charge on any atom is 0.271 e. The molecule has 2 N–H and O–H groups in total. The van der Waals surface area contributed by atoms with E-state index in [1.165, 1.54) is 12.5 Å². The standard InChI is InChI=1S/C16H15N3O3/c20-15(11-3-4-11)18-13-7-5-12(6-8-13)16(21)19-17-10-14-2-1-9-22-14/h1-2,5-11H,3-4H2,(H,18,20)(H,19,21)/b17-10-. The molecule has 0 atom stereocenters. The van der Waals surface area contributed by atoms with Gasteiger partial charge in [0, 0.05) is 17.2 Å². The molecule has 2 aromatic rings. The van der Waals surface area contributed by atoms with Crippen molar-refractivity contribution in [1.82, 2.24) is 5.43 Å². The van der Waals surface area contributed by atoms with Crippen LogP contribution in [0.3, 0.4) is 0 Å². The van der Waals surface area contributed by atoms with Gasteiger partial charge in [0.15, 0.2) is 0 Å². The Morgan fingerprint density at radius 3 is 2.59 bits per heavy atom. The number of hydrogen-bond acceptors (Lipinski definition) is 4. The molecule has 3 rings (SSSR count). The predicted molar refractivity (Wildman–Crippen MR) is 81.6 cm³/mol. The highest BCUT2D eigenvalue weighted by Crippen LogP contribution is 2.30. The van der Waals surface area contributed by atoms with Crippen molar-refractivity contribution in [2.24, 2.45) is 11.0 Å². The number of benzene rings is 1. The lowest BCUT2D eigenvalue weighted by atomic mass is 10.2. The Labute approximate surface area is 127 Å². The van der Waals surface area contributed by atoms with Crippen LogP contribution < -0.4 is 10.7 Å². The van der Waals surface area contributed by atoms with Crippen molar-refractivity contribution in [1.29, 1.82) is 0 Å². The monoisotopic (exact) mass is 297 g/mol. The Bertz CT molecular complexity index is 686. The summed E-state index contributed by atoms with van der Waals surface area (Å²) in [6, 6.07) is 10.1. The summed E-state index contributed by atoms with van der Waals surface area (Å²) in [4.78, 5) is 23.5. The van der Waals surface area contributed by atoms with Crippen LogP contribution in [-0.4, -0.2) is 18.0 Å². The fourth-order valence-corrected chi connectivity index (χ4v) is 1.88. The molecule has 1 aromatic carbocycles. The zero-order valence-corrected chi connectivity index (χ0v) is 11.8. The quantitative estimate of drug-likeness (QED) is 0.656. The topological polar surface area (TPSA) is 83.7 Å². The maximum absolute atomic E-state index is 11.9. The fraction of sp³-hybridized carbons (Fsp3) is 0.188. The predicted octanol–water partition coefficient (Wildman–Crippen LogP) is 2.39. The Balaban J connectivity index is 1.55. The molecule has 1 fully saturated rings. The SMILES string of the molecule is O=C(N/N=C\c1ccco1)c1ccc(NC(=O)C2CC2)cc1. The molecule has 0 radical (unpaired) electrons. The van der Waals surface area contributed by atoms with E-state index in [2.05, 4.69) is 15.8 Å². The zero-order chi connectivity index (χ0) is 15.4. The van der Waals surface area contributed by atoms with Gasteiger partial charge in [-0.25, -0.2) is 5.43 Å². The first-order valence-corrected chi connectivity index (χ1v) is 7.00. The van der Waals surface area contributed by atoms with Crippen LogP contribution in [0, 0.1) is 5.92 Å². The van der Waals surface area contributed by atoms with Gasteiger partial charge in [-0.2, -0.15) is 5.10 Å². The van der Waals surface area contributed by atoms with E-state index in [4.69, 9.17) is 4.42 Å². The summed E-state index contributed by atoms with van der Waals surface area (Å²) < 4.78 is 5.06. The molecule has 1 heterocycles. The summed E-state index contributed by atoms with van der Waals surface area (Å²) in [5.41, 5.74) is 3.56. The molecule has 6 nitrogen and oxygen atoms in total. The number of furan rings is 1. The minimum atomic E-state index is -0.331. The highest BCUT2D eigenvalue weighted by molar-refractivity contribution is 5.97. The molecule has 1 aliphatic carbocycles. The largest absolute Gasteiger partial charge is 0.463 e. The van der Waals surface area contributed by atoms with Crippen LogP contribution in [0.2, 0.25) is 0 Å². The van der Waals surface area contributed by atoms with Gasteiger partial charge in [0.1, 0.15) is 5.76 Å². The summed E-state index contributed by atoms with van der Waals surface area (Å²) in [5, 5.41) is 6.62. The minimum Gasteiger partial charge on any atom is -0.463 e. The van der Waals surface area contributed by atoms with Gasteiger partial charge in [-0.1, -0.05) is 0 Å². The van der Waals surface area contributed by atoms with E-state index in [0.29, 0.717) is 17.0 Å². The molecule has 1 aliphatic rings. The number of nitrogens with zero attached hydrogens (tertiary/aromatic N) is 1. The Morgan fingerprint density at radius 1 is 1.18 bits per heavy atom. The lowest BCUT2D eigenvalue weighted by Gasteiger charge is -2.05. The van der Waals surface area contributed by atoms with Gasteiger partial charge >= 0.3 is 0 Å². The number of anilines is 1. The van der Waals surface area contributed by atoms with Gasteiger partial charge in [-0.15, -0.1) is 0 Å². The van der Waals surface area contributed by atoms with Gasteiger partial charge in [-0.05, 0) is 49.2 Å². The second kappa shape index (κ2) is 6.26. The highest BCUT2D eigenvalue weighted by Gasteiger charge is 2.29. The second-order valence-electron chi connectivity index (χ2n) is 5.06. The third-order valence-corrected chi connectivity index (χ3v) is 3.26. The average Bonchev–Trinajstić information content (AvgIpc) is 3.26. The smallest absolute Gasteiger partial charge is 0.271 e. The normalized spacial score (nSPS) is 14.0. The lowest BCUT2D eigenvalue weighted by molar-refractivity contribution is -0.117. The molecular formula is C16H15N3O3. The minimum absolute atomic E-state index is 0.0419. The van der Waals surface area contributed by atoms with Crippen LogP contribution in [0.5, 0.6) is 0 Å². The van der Waals surface area contributed by atoms with Crippen molar-refractivity contribution < 1.29 is 14.0 Å². The van der Waals surface area contributed by atoms with Crippen molar-refractivity contribution in [2.75, 3.05) is 5.32 Å². The van der Waals surface area contributed by atoms with E-state index in [-0.39, 0.29) is 17.7 Å². The van der Waals surface area contributed by atoms with E-state index in [1.807, 2.05) is 0 Å². The first-order chi connectivity index (χ1) is 10.7. The van der Waals surface area contributed by atoms with Gasteiger partial charge in [-0.3, -0.25) is 9.59 Å². The molecule has 1 aromatic heterocycles. The number of rotatable bonds is 5. The summed E-state index contributed by atoms with van der Waals surface area (Å²) in [7, 11) is 0. The lowest BCUT2D eigenvalue weighted by Crippen LogP contribution is -2.18. The van der Waals surface area contributed by atoms with Crippen molar-refractivity contribution >= 4 is 23.7 Å². The average molecular weight is 297 g/mol. The van der Waals surface area contributed by atoms with E-state index >= 15 is 0 Å². The van der Waals surface area contributed by atoms with Crippen LogP contribution in [-0.2, 0) is 4.79 Å². The van der Waals surface area contributed by atoms with E-state index in [0.717, 1.165) is 12.8 Å². The van der Waals surface area contributed by atoms with Crippen molar-refractivity contribution in [2.45, 2.75) is 12.8 Å². The molecule has 0 saturated heterocycles.